The highest BCUT2D eigenvalue weighted by Gasteiger charge is 2.22. The monoisotopic (exact) mass is 527 g/mol. The summed E-state index contributed by atoms with van der Waals surface area (Å²) >= 11 is 0. The van der Waals surface area contributed by atoms with Gasteiger partial charge in [-0.05, 0) is 29.3 Å². The molecule has 0 saturated heterocycles. The number of carboxylic acids is 1. The Morgan fingerprint density at radius 1 is 0.892 bits per heavy atom. The normalized spacial score (nSPS) is 12.1. The summed E-state index contributed by atoms with van der Waals surface area (Å²) in [7, 11) is 2.15. The molecule has 0 aliphatic rings. The zero-order chi connectivity index (χ0) is 27.0. The molecule has 3 aromatic rings. The Morgan fingerprint density at radius 2 is 1.51 bits per heavy atom. The molecule has 0 aromatic heterocycles. The van der Waals surface area contributed by atoms with Gasteiger partial charge in [-0.1, -0.05) is 36.4 Å². The maximum Gasteiger partial charge on any atom is 0.330 e. The molecular weight excluding hydrogens is 498 g/mol. The molecule has 0 unspecified atom stereocenters. The third-order valence-electron chi connectivity index (χ3n) is 5.51. The van der Waals surface area contributed by atoms with Gasteiger partial charge < -0.3 is 29.4 Å². The summed E-state index contributed by atoms with van der Waals surface area (Å²) in [5, 5.41) is 13.8. The molecule has 0 aliphatic carbocycles. The van der Waals surface area contributed by atoms with Crippen molar-refractivity contribution in [2.45, 2.75) is 11.8 Å². The minimum Gasteiger partial charge on any atom is -0.496 e. The van der Waals surface area contributed by atoms with Gasteiger partial charge in [-0.15, -0.1) is 0 Å². The lowest BCUT2D eigenvalue weighted by Gasteiger charge is -2.19. The summed E-state index contributed by atoms with van der Waals surface area (Å²) in [5.74, 6) is 0.246. The maximum atomic E-state index is 13.0. The fourth-order valence-electron chi connectivity index (χ4n) is 3.70. The van der Waals surface area contributed by atoms with Crippen molar-refractivity contribution in [1.82, 2.24) is 0 Å². The van der Waals surface area contributed by atoms with Crippen LogP contribution in [0.3, 0.4) is 0 Å². The van der Waals surface area contributed by atoms with Crippen LogP contribution in [0.1, 0.15) is 22.7 Å². The third kappa shape index (κ3) is 6.95. The van der Waals surface area contributed by atoms with E-state index in [1.165, 1.54) is 34.5 Å². The van der Waals surface area contributed by atoms with E-state index in [2.05, 4.69) is 5.32 Å². The first kappa shape index (κ1) is 27.4. The molecule has 0 radical (unpaired) electrons. The predicted octanol–water partition coefficient (Wildman–Crippen LogP) is 4.54. The number of carbonyl (C=O) groups is 1. The van der Waals surface area contributed by atoms with Crippen molar-refractivity contribution in [3.05, 3.63) is 82.8 Å². The minimum atomic E-state index is -3.74. The summed E-state index contributed by atoms with van der Waals surface area (Å²) in [6.07, 6.45) is 1.41. The summed E-state index contributed by atoms with van der Waals surface area (Å²) in [5.41, 5.74) is 1.78. The largest absolute Gasteiger partial charge is 0.496 e. The van der Waals surface area contributed by atoms with Crippen molar-refractivity contribution in [2.75, 3.05) is 33.8 Å². The van der Waals surface area contributed by atoms with Crippen LogP contribution in [0.4, 0.5) is 5.69 Å². The first-order valence-electron chi connectivity index (χ1n) is 11.1. The van der Waals surface area contributed by atoms with Gasteiger partial charge in [0, 0.05) is 17.5 Å². The van der Waals surface area contributed by atoms with Gasteiger partial charge in [-0.25, -0.2) is 13.2 Å². The van der Waals surface area contributed by atoms with Gasteiger partial charge in [0.05, 0.1) is 45.4 Å². The number of ether oxygens (including phenoxy) is 4. The Kier molecular flexibility index (Phi) is 9.02. The molecule has 3 aromatic carbocycles. The summed E-state index contributed by atoms with van der Waals surface area (Å²) in [4.78, 5) is 11.9. The molecule has 0 heterocycles. The first-order valence-corrected chi connectivity index (χ1v) is 12.8. The van der Waals surface area contributed by atoms with Crippen molar-refractivity contribution in [3.8, 4) is 23.0 Å². The van der Waals surface area contributed by atoms with Crippen LogP contribution < -0.4 is 24.3 Å². The number of rotatable bonds is 12. The second-order valence-corrected chi connectivity index (χ2v) is 9.80. The molecule has 1 atom stereocenters. The van der Waals surface area contributed by atoms with Crippen molar-refractivity contribution >= 4 is 27.6 Å². The number of benzene rings is 3. The van der Waals surface area contributed by atoms with Gasteiger partial charge >= 0.3 is 5.97 Å². The van der Waals surface area contributed by atoms with Crippen molar-refractivity contribution in [1.29, 1.82) is 0 Å². The molecule has 0 fully saturated rings. The van der Waals surface area contributed by atoms with Crippen molar-refractivity contribution in [3.63, 3.8) is 0 Å². The Hall–Kier alpha value is -4.18. The molecule has 196 valence electrons. The predicted molar refractivity (Wildman–Crippen MR) is 141 cm³/mol. The maximum absolute atomic E-state index is 13.0. The molecule has 0 bridgehead atoms. The van der Waals surface area contributed by atoms with Crippen LogP contribution in [0.5, 0.6) is 23.0 Å². The highest BCUT2D eigenvalue weighted by molar-refractivity contribution is 7.93. The quantitative estimate of drug-likeness (QED) is 0.350. The zero-order valence-corrected chi connectivity index (χ0v) is 21.7. The van der Waals surface area contributed by atoms with Crippen LogP contribution >= 0.6 is 0 Å². The van der Waals surface area contributed by atoms with E-state index in [9.17, 15) is 18.3 Å². The Labute approximate surface area is 216 Å². The highest BCUT2D eigenvalue weighted by Crippen LogP contribution is 2.35. The number of nitrogens with one attached hydrogen (secondary N) is 1. The molecular formula is C27H29NO8S. The SMILES string of the molecule is COc1cc(OC)c(C=CS(=O)(=O)Cc2ccc(OC)c(N[C@@H](C(=O)O)c3ccccc3)c2)c(OC)c1. The fourth-order valence-corrected chi connectivity index (χ4v) is 4.78. The summed E-state index contributed by atoms with van der Waals surface area (Å²) < 4.78 is 47.3. The Balaban J connectivity index is 1.89. The number of hydrogen-bond donors (Lipinski definition) is 2. The second-order valence-electron chi connectivity index (χ2n) is 7.92. The van der Waals surface area contributed by atoms with Gasteiger partial charge in [-0.2, -0.15) is 0 Å². The van der Waals surface area contributed by atoms with E-state index >= 15 is 0 Å². The van der Waals surface area contributed by atoms with E-state index in [4.69, 9.17) is 18.9 Å². The number of anilines is 1. The lowest BCUT2D eigenvalue weighted by molar-refractivity contribution is -0.138. The zero-order valence-electron chi connectivity index (χ0n) is 20.9. The smallest absolute Gasteiger partial charge is 0.330 e. The van der Waals surface area contributed by atoms with Gasteiger partial charge in [0.15, 0.2) is 15.9 Å². The van der Waals surface area contributed by atoms with E-state index < -0.39 is 21.8 Å². The molecule has 0 aliphatic heterocycles. The van der Waals surface area contributed by atoms with E-state index in [1.807, 2.05) is 0 Å². The Morgan fingerprint density at radius 3 is 2.05 bits per heavy atom. The summed E-state index contributed by atoms with van der Waals surface area (Å²) in [6.45, 7) is 0. The number of methoxy groups -OCH3 is 4. The summed E-state index contributed by atoms with van der Waals surface area (Å²) in [6, 6.07) is 15.6. The average molecular weight is 528 g/mol. The van der Waals surface area contributed by atoms with E-state index in [-0.39, 0.29) is 5.75 Å². The van der Waals surface area contributed by atoms with Crippen LogP contribution in [0.2, 0.25) is 0 Å². The van der Waals surface area contributed by atoms with E-state index in [0.29, 0.717) is 45.4 Å². The molecule has 10 heteroatoms. The van der Waals surface area contributed by atoms with Gasteiger partial charge in [-0.3, -0.25) is 0 Å². The van der Waals surface area contributed by atoms with Gasteiger partial charge in [0.1, 0.15) is 23.0 Å². The van der Waals surface area contributed by atoms with Crippen LogP contribution in [-0.4, -0.2) is 47.9 Å². The minimum absolute atomic E-state index is 0.327. The van der Waals surface area contributed by atoms with Crippen LogP contribution in [0, 0.1) is 0 Å². The molecule has 3 rings (SSSR count). The molecule has 0 saturated carbocycles. The number of carboxylic acid groups (broad SMARTS) is 1. The van der Waals surface area contributed by atoms with Crippen LogP contribution in [0.15, 0.2) is 66.1 Å². The van der Waals surface area contributed by atoms with Gasteiger partial charge in [0.2, 0.25) is 0 Å². The first-order chi connectivity index (χ1) is 17.7. The van der Waals surface area contributed by atoms with Crippen molar-refractivity contribution in [2.24, 2.45) is 0 Å². The van der Waals surface area contributed by atoms with Crippen LogP contribution in [-0.2, 0) is 20.4 Å². The number of hydrogen-bond acceptors (Lipinski definition) is 8. The highest BCUT2D eigenvalue weighted by atomic mass is 32.2. The molecule has 37 heavy (non-hydrogen) atoms. The number of sulfone groups is 1. The molecule has 0 amide bonds. The fraction of sp³-hybridized carbons (Fsp3) is 0.222. The van der Waals surface area contributed by atoms with Crippen molar-refractivity contribution < 1.29 is 37.3 Å². The van der Waals surface area contributed by atoms with Gasteiger partial charge in [0.25, 0.3) is 0 Å². The topological polar surface area (TPSA) is 120 Å². The second kappa shape index (κ2) is 12.2. The van der Waals surface area contributed by atoms with E-state index in [1.54, 1.807) is 60.7 Å². The molecule has 9 nitrogen and oxygen atoms in total. The Bertz CT molecular complexity index is 1350. The average Bonchev–Trinajstić information content (AvgIpc) is 2.90. The standard InChI is InChI=1S/C27H29NO8S/c1-33-20-15-24(35-3)21(25(16-20)36-4)12-13-37(31,32)17-18-10-11-23(34-2)22(14-18)28-26(27(29)30)19-8-6-5-7-9-19/h5-16,26,28H,17H2,1-4H3,(H,29,30)/t26-/m1/s1. The van der Waals surface area contributed by atoms with Crippen LogP contribution in [0.25, 0.3) is 6.08 Å². The number of aliphatic carboxylic acids is 1. The molecule has 2 N–H and O–H groups in total. The molecule has 0 spiro atoms. The lowest BCUT2D eigenvalue weighted by atomic mass is 10.1. The third-order valence-corrected chi connectivity index (χ3v) is 6.79. The lowest BCUT2D eigenvalue weighted by Crippen LogP contribution is -2.21. The van der Waals surface area contributed by atoms with E-state index in [0.717, 1.165) is 5.41 Å².